The minimum absolute atomic E-state index is 0.0417. The van der Waals surface area contributed by atoms with Crippen molar-refractivity contribution < 1.29 is 4.42 Å². The lowest BCUT2D eigenvalue weighted by Crippen LogP contribution is -2.36. The average molecular weight is 316 g/mol. The molecule has 1 aliphatic heterocycles. The van der Waals surface area contributed by atoms with E-state index in [1.165, 1.54) is 0 Å². The van der Waals surface area contributed by atoms with Crippen LogP contribution in [-0.4, -0.2) is 27.6 Å². The first-order valence-electron chi connectivity index (χ1n) is 8.15. The van der Waals surface area contributed by atoms with Gasteiger partial charge in [0.15, 0.2) is 0 Å². The van der Waals surface area contributed by atoms with Crippen molar-refractivity contribution in [2.45, 2.75) is 45.6 Å². The Labute approximate surface area is 136 Å². The number of hydrogen-bond donors (Lipinski definition) is 0. The molecule has 0 aromatic carbocycles. The second kappa shape index (κ2) is 6.18. The smallest absolute Gasteiger partial charge is 0.297 e. The fourth-order valence-electron chi connectivity index (χ4n) is 2.93. The number of anilines is 1. The van der Waals surface area contributed by atoms with Crippen LogP contribution in [0.25, 0.3) is 0 Å². The van der Waals surface area contributed by atoms with E-state index in [1.54, 1.807) is 29.4 Å². The van der Waals surface area contributed by atoms with E-state index >= 15 is 0 Å². The molecule has 0 radical (unpaired) electrons. The van der Waals surface area contributed by atoms with Gasteiger partial charge in [-0.2, -0.15) is 0 Å². The zero-order valence-corrected chi connectivity index (χ0v) is 14.0. The zero-order valence-electron chi connectivity index (χ0n) is 14.0. The van der Waals surface area contributed by atoms with Crippen LogP contribution in [0.15, 0.2) is 34.1 Å². The van der Waals surface area contributed by atoms with Gasteiger partial charge in [0.1, 0.15) is 6.26 Å². The van der Waals surface area contributed by atoms with Gasteiger partial charge in [0, 0.05) is 31.1 Å². The third-order valence-electron chi connectivity index (χ3n) is 4.41. The number of nitrogens with zero attached hydrogens (tertiary/aromatic N) is 4. The van der Waals surface area contributed by atoms with Gasteiger partial charge >= 0.3 is 0 Å². The normalized spacial score (nSPS) is 16.7. The van der Waals surface area contributed by atoms with Gasteiger partial charge in [-0.15, -0.1) is 0 Å². The Bertz CT molecular complexity index is 692. The summed E-state index contributed by atoms with van der Waals surface area (Å²) in [4.78, 5) is 23.1. The summed E-state index contributed by atoms with van der Waals surface area (Å²) < 4.78 is 7.08. The molecule has 0 saturated carbocycles. The lowest BCUT2D eigenvalue weighted by Gasteiger charge is -2.31. The van der Waals surface area contributed by atoms with E-state index in [4.69, 9.17) is 4.42 Å². The van der Waals surface area contributed by atoms with E-state index in [0.717, 1.165) is 38.2 Å². The van der Waals surface area contributed by atoms with Crippen molar-refractivity contribution in [1.29, 1.82) is 0 Å². The molecule has 0 aliphatic carbocycles. The number of piperidine rings is 1. The molecule has 1 fully saturated rings. The highest BCUT2D eigenvalue weighted by molar-refractivity contribution is 5.25. The summed E-state index contributed by atoms with van der Waals surface area (Å²) in [7, 11) is 0. The Morgan fingerprint density at radius 3 is 2.57 bits per heavy atom. The second-order valence-electron chi connectivity index (χ2n) is 7.26. The molecule has 0 atom stereocenters. The van der Waals surface area contributed by atoms with E-state index in [-0.39, 0.29) is 11.0 Å². The summed E-state index contributed by atoms with van der Waals surface area (Å²) in [5, 5.41) is 0. The van der Waals surface area contributed by atoms with Crippen LogP contribution in [0.4, 0.5) is 6.01 Å². The summed E-state index contributed by atoms with van der Waals surface area (Å²) in [6.07, 6.45) is 7.02. The maximum atomic E-state index is 12.3. The zero-order chi connectivity index (χ0) is 16.4. The Kier molecular flexibility index (Phi) is 4.24. The predicted molar refractivity (Wildman–Crippen MR) is 88.6 cm³/mol. The van der Waals surface area contributed by atoms with Gasteiger partial charge in [0.2, 0.25) is 0 Å². The Hall–Kier alpha value is -2.11. The molecule has 124 valence electrons. The van der Waals surface area contributed by atoms with Gasteiger partial charge in [-0.05, 0) is 18.8 Å². The van der Waals surface area contributed by atoms with Crippen LogP contribution in [0.3, 0.4) is 0 Å². The monoisotopic (exact) mass is 316 g/mol. The minimum Gasteiger partial charge on any atom is -0.432 e. The van der Waals surface area contributed by atoms with E-state index in [1.807, 2.05) is 0 Å². The SMILES string of the molecule is CC(C)(C)c1cc(=O)n(CC2CCN(c3ncco3)CC2)cn1. The number of rotatable bonds is 3. The third kappa shape index (κ3) is 3.63. The predicted octanol–water partition coefficient (Wildman–Crippen LogP) is 2.45. The van der Waals surface area contributed by atoms with Gasteiger partial charge < -0.3 is 9.32 Å². The molecule has 2 aromatic heterocycles. The van der Waals surface area contributed by atoms with Crippen molar-refractivity contribution in [1.82, 2.24) is 14.5 Å². The molecule has 0 spiro atoms. The van der Waals surface area contributed by atoms with Crippen LogP contribution >= 0.6 is 0 Å². The molecular formula is C17H24N4O2. The Balaban J connectivity index is 1.62. The third-order valence-corrected chi connectivity index (χ3v) is 4.41. The van der Waals surface area contributed by atoms with Gasteiger partial charge in [0.25, 0.3) is 11.6 Å². The van der Waals surface area contributed by atoms with E-state index in [0.29, 0.717) is 11.9 Å². The van der Waals surface area contributed by atoms with Crippen molar-refractivity contribution in [2.24, 2.45) is 5.92 Å². The molecule has 6 nitrogen and oxygen atoms in total. The van der Waals surface area contributed by atoms with Crippen LogP contribution in [0, 0.1) is 5.92 Å². The summed E-state index contributed by atoms with van der Waals surface area (Å²) >= 11 is 0. The molecule has 1 aliphatic rings. The first-order valence-corrected chi connectivity index (χ1v) is 8.15. The molecule has 0 amide bonds. The van der Waals surface area contributed by atoms with Crippen LogP contribution in [0.1, 0.15) is 39.3 Å². The fraction of sp³-hybridized carbons (Fsp3) is 0.588. The molecule has 23 heavy (non-hydrogen) atoms. The largest absolute Gasteiger partial charge is 0.432 e. The van der Waals surface area contributed by atoms with E-state index in [9.17, 15) is 4.79 Å². The lowest BCUT2D eigenvalue weighted by molar-refractivity contribution is 0.340. The Morgan fingerprint density at radius 1 is 1.26 bits per heavy atom. The Morgan fingerprint density at radius 2 is 2.00 bits per heavy atom. The van der Waals surface area contributed by atoms with Crippen LogP contribution < -0.4 is 10.5 Å². The first-order chi connectivity index (χ1) is 10.9. The van der Waals surface area contributed by atoms with Gasteiger partial charge in [-0.25, -0.2) is 9.97 Å². The van der Waals surface area contributed by atoms with E-state index < -0.39 is 0 Å². The maximum absolute atomic E-state index is 12.3. The number of oxazole rings is 1. The van der Waals surface area contributed by atoms with Gasteiger partial charge in [-0.1, -0.05) is 20.8 Å². The van der Waals surface area contributed by atoms with Crippen molar-refractivity contribution >= 4 is 6.01 Å². The number of hydrogen-bond acceptors (Lipinski definition) is 5. The van der Waals surface area contributed by atoms with Crippen LogP contribution in [0.2, 0.25) is 0 Å². The molecule has 6 heteroatoms. The molecule has 0 N–H and O–H groups in total. The number of aromatic nitrogens is 3. The molecule has 2 aromatic rings. The molecule has 0 bridgehead atoms. The lowest BCUT2D eigenvalue weighted by atomic mass is 9.92. The highest BCUT2D eigenvalue weighted by Gasteiger charge is 2.23. The van der Waals surface area contributed by atoms with Crippen LogP contribution in [0.5, 0.6) is 0 Å². The molecule has 3 rings (SSSR count). The van der Waals surface area contributed by atoms with Gasteiger partial charge in [-0.3, -0.25) is 9.36 Å². The first kappa shape index (κ1) is 15.8. The standard InChI is InChI=1S/C17H24N4O2/c1-17(2,3)14-10-15(22)21(12-19-14)11-13-4-7-20(8-5-13)16-18-6-9-23-16/h6,9-10,12-13H,4-5,7-8,11H2,1-3H3. The maximum Gasteiger partial charge on any atom is 0.297 e. The minimum atomic E-state index is -0.0976. The molecule has 1 saturated heterocycles. The van der Waals surface area contributed by atoms with Gasteiger partial charge in [0.05, 0.1) is 18.2 Å². The second-order valence-corrected chi connectivity index (χ2v) is 7.26. The van der Waals surface area contributed by atoms with Crippen LogP contribution in [-0.2, 0) is 12.0 Å². The summed E-state index contributed by atoms with van der Waals surface area (Å²) in [6.45, 7) is 8.75. The van der Waals surface area contributed by atoms with E-state index in [2.05, 4.69) is 35.6 Å². The summed E-state index contributed by atoms with van der Waals surface area (Å²) in [5.41, 5.74) is 0.789. The van der Waals surface area contributed by atoms with Crippen molar-refractivity contribution in [3.05, 3.63) is 40.9 Å². The highest BCUT2D eigenvalue weighted by Crippen LogP contribution is 2.23. The average Bonchev–Trinajstić information content (AvgIpc) is 3.03. The molecular weight excluding hydrogens is 292 g/mol. The quantitative estimate of drug-likeness (QED) is 0.870. The van der Waals surface area contributed by atoms with Crippen molar-refractivity contribution in [3.63, 3.8) is 0 Å². The molecule has 3 heterocycles. The summed E-state index contributed by atoms with van der Waals surface area (Å²) in [6, 6.07) is 2.36. The van der Waals surface area contributed by atoms with Crippen molar-refractivity contribution in [2.75, 3.05) is 18.0 Å². The fourth-order valence-corrected chi connectivity index (χ4v) is 2.93. The highest BCUT2D eigenvalue weighted by atomic mass is 16.4. The molecule has 0 unspecified atom stereocenters. The summed E-state index contributed by atoms with van der Waals surface area (Å²) in [5.74, 6) is 0.487. The van der Waals surface area contributed by atoms with Crippen molar-refractivity contribution in [3.8, 4) is 0 Å². The topological polar surface area (TPSA) is 64.2 Å².